The van der Waals surface area contributed by atoms with Gasteiger partial charge in [-0.2, -0.15) is 0 Å². The van der Waals surface area contributed by atoms with E-state index in [-0.39, 0.29) is 11.4 Å². The predicted molar refractivity (Wildman–Crippen MR) is 95.2 cm³/mol. The Labute approximate surface area is 151 Å². The number of hydrogen-bond acceptors (Lipinski definition) is 7. The summed E-state index contributed by atoms with van der Waals surface area (Å²) in [6.45, 7) is 0. The first-order valence-electron chi connectivity index (χ1n) is 7.53. The fourth-order valence-corrected chi connectivity index (χ4v) is 2.16. The highest BCUT2D eigenvalue weighted by molar-refractivity contribution is 5.98. The van der Waals surface area contributed by atoms with Gasteiger partial charge < -0.3 is 29.5 Å². The molecule has 2 N–H and O–H groups in total. The lowest BCUT2D eigenvalue weighted by Gasteiger charge is -2.13. The maximum atomic E-state index is 12.3. The van der Waals surface area contributed by atoms with Crippen molar-refractivity contribution in [1.29, 1.82) is 0 Å². The van der Waals surface area contributed by atoms with Crippen LogP contribution in [0.25, 0.3) is 0 Å². The van der Waals surface area contributed by atoms with Crippen LogP contribution in [0.2, 0.25) is 0 Å². The van der Waals surface area contributed by atoms with Crippen LogP contribution in [0.3, 0.4) is 0 Å². The fraction of sp³-hybridized carbons (Fsp3) is 0.222. The van der Waals surface area contributed by atoms with E-state index in [4.69, 9.17) is 29.5 Å². The lowest BCUT2D eigenvalue weighted by Crippen LogP contribution is -2.15. The van der Waals surface area contributed by atoms with Crippen molar-refractivity contribution in [2.24, 2.45) is 10.9 Å². The maximum Gasteiger partial charge on any atom is 0.366 e. The number of carbonyl (C=O) groups is 1. The van der Waals surface area contributed by atoms with Gasteiger partial charge in [-0.15, -0.1) is 0 Å². The van der Waals surface area contributed by atoms with E-state index in [1.54, 1.807) is 31.4 Å². The van der Waals surface area contributed by atoms with Crippen LogP contribution in [0.4, 0.5) is 0 Å². The molecule has 0 atom stereocenters. The molecule has 2 rings (SSSR count). The summed E-state index contributed by atoms with van der Waals surface area (Å²) in [6.07, 6.45) is 0. The molecule has 0 aliphatic rings. The van der Waals surface area contributed by atoms with E-state index in [0.717, 1.165) is 0 Å². The largest absolute Gasteiger partial charge is 0.497 e. The Morgan fingerprint density at radius 2 is 1.42 bits per heavy atom. The van der Waals surface area contributed by atoms with Gasteiger partial charge in [-0.25, -0.2) is 4.79 Å². The third-order valence-electron chi connectivity index (χ3n) is 3.51. The Bertz CT molecular complexity index is 777. The molecule has 0 aliphatic carbocycles. The van der Waals surface area contributed by atoms with E-state index in [0.29, 0.717) is 28.6 Å². The van der Waals surface area contributed by atoms with Crippen LogP contribution < -0.4 is 24.7 Å². The van der Waals surface area contributed by atoms with Crippen molar-refractivity contribution < 1.29 is 28.6 Å². The molecule has 0 spiro atoms. The van der Waals surface area contributed by atoms with E-state index >= 15 is 0 Å². The van der Waals surface area contributed by atoms with Gasteiger partial charge in [0.2, 0.25) is 5.75 Å². The van der Waals surface area contributed by atoms with Crippen LogP contribution in [0, 0.1) is 0 Å². The number of benzene rings is 2. The van der Waals surface area contributed by atoms with Crippen LogP contribution in [-0.4, -0.2) is 40.2 Å². The van der Waals surface area contributed by atoms with Gasteiger partial charge in [0.15, 0.2) is 17.3 Å². The summed E-state index contributed by atoms with van der Waals surface area (Å²) in [7, 11) is 5.93. The van der Waals surface area contributed by atoms with Gasteiger partial charge in [0.25, 0.3) is 0 Å². The van der Waals surface area contributed by atoms with Gasteiger partial charge in [0.1, 0.15) is 5.75 Å². The molecule has 0 aliphatic heterocycles. The summed E-state index contributed by atoms with van der Waals surface area (Å²) in [4.78, 5) is 17.2. The molecule has 0 radical (unpaired) electrons. The molecule has 8 heteroatoms. The van der Waals surface area contributed by atoms with Crippen molar-refractivity contribution in [3.63, 3.8) is 0 Å². The molecule has 26 heavy (non-hydrogen) atoms. The SMILES string of the molecule is COc1ccc(/C(N)=N/OC(=O)c2cc(OC)c(OC)c(OC)c2)cc1. The molecular formula is C18H20N2O6. The summed E-state index contributed by atoms with van der Waals surface area (Å²) in [6, 6.07) is 9.76. The van der Waals surface area contributed by atoms with Crippen molar-refractivity contribution in [3.8, 4) is 23.0 Å². The van der Waals surface area contributed by atoms with Crippen molar-refractivity contribution in [2.75, 3.05) is 28.4 Å². The van der Waals surface area contributed by atoms with Crippen LogP contribution in [0.1, 0.15) is 15.9 Å². The second-order valence-electron chi connectivity index (χ2n) is 5.00. The van der Waals surface area contributed by atoms with Gasteiger partial charge in [-0.3, -0.25) is 0 Å². The van der Waals surface area contributed by atoms with Gasteiger partial charge >= 0.3 is 5.97 Å². The van der Waals surface area contributed by atoms with Crippen LogP contribution >= 0.6 is 0 Å². The van der Waals surface area contributed by atoms with E-state index in [1.807, 2.05) is 0 Å². The van der Waals surface area contributed by atoms with E-state index in [1.165, 1.54) is 33.5 Å². The molecule has 0 aromatic heterocycles. The Morgan fingerprint density at radius 1 is 0.846 bits per heavy atom. The number of oxime groups is 1. The van der Waals surface area contributed by atoms with Crippen LogP contribution in [0.15, 0.2) is 41.6 Å². The van der Waals surface area contributed by atoms with Crippen molar-refractivity contribution in [2.45, 2.75) is 0 Å². The summed E-state index contributed by atoms with van der Waals surface area (Å²) in [5, 5.41) is 3.67. The van der Waals surface area contributed by atoms with Crippen molar-refractivity contribution in [1.82, 2.24) is 0 Å². The highest BCUT2D eigenvalue weighted by Crippen LogP contribution is 2.38. The molecule has 138 valence electrons. The first kappa shape index (κ1) is 18.9. The minimum atomic E-state index is -0.722. The Hall–Kier alpha value is -3.42. The first-order chi connectivity index (χ1) is 12.5. The number of methoxy groups -OCH3 is 4. The van der Waals surface area contributed by atoms with E-state index in [9.17, 15) is 4.79 Å². The molecule has 0 unspecified atom stereocenters. The third kappa shape index (κ3) is 4.15. The van der Waals surface area contributed by atoms with Crippen LogP contribution in [0.5, 0.6) is 23.0 Å². The average molecular weight is 360 g/mol. The van der Waals surface area contributed by atoms with Crippen LogP contribution in [-0.2, 0) is 4.84 Å². The minimum Gasteiger partial charge on any atom is -0.497 e. The first-order valence-corrected chi connectivity index (χ1v) is 7.53. The highest BCUT2D eigenvalue weighted by Gasteiger charge is 2.18. The fourth-order valence-electron chi connectivity index (χ4n) is 2.16. The lowest BCUT2D eigenvalue weighted by molar-refractivity contribution is 0.0515. The summed E-state index contributed by atoms with van der Waals surface area (Å²) < 4.78 is 20.7. The van der Waals surface area contributed by atoms with E-state index in [2.05, 4.69) is 5.16 Å². The Morgan fingerprint density at radius 3 is 1.88 bits per heavy atom. The summed E-state index contributed by atoms with van der Waals surface area (Å²) in [5.41, 5.74) is 6.59. The Kier molecular flexibility index (Phi) is 6.26. The topological polar surface area (TPSA) is 102 Å². The highest BCUT2D eigenvalue weighted by atomic mass is 16.7. The number of hydrogen-bond donors (Lipinski definition) is 1. The van der Waals surface area contributed by atoms with Crippen molar-refractivity contribution in [3.05, 3.63) is 47.5 Å². The number of nitrogens with zero attached hydrogens (tertiary/aromatic N) is 1. The predicted octanol–water partition coefficient (Wildman–Crippen LogP) is 2.20. The lowest BCUT2D eigenvalue weighted by atomic mass is 10.2. The van der Waals surface area contributed by atoms with Gasteiger partial charge in [-0.05, 0) is 36.4 Å². The molecular weight excluding hydrogens is 340 g/mol. The number of ether oxygens (including phenoxy) is 4. The normalized spacial score (nSPS) is 10.8. The average Bonchev–Trinajstić information content (AvgIpc) is 2.70. The van der Waals surface area contributed by atoms with Crippen molar-refractivity contribution >= 4 is 11.8 Å². The second kappa shape index (κ2) is 8.61. The molecule has 0 bridgehead atoms. The molecule has 8 nitrogen and oxygen atoms in total. The number of rotatable bonds is 7. The zero-order chi connectivity index (χ0) is 19.1. The second-order valence-corrected chi connectivity index (χ2v) is 5.00. The molecule has 2 aromatic rings. The number of amidine groups is 1. The summed E-state index contributed by atoms with van der Waals surface area (Å²) in [5.74, 6) is 1.02. The number of nitrogens with two attached hydrogens (primary N) is 1. The van der Waals surface area contributed by atoms with Gasteiger partial charge in [-0.1, -0.05) is 5.16 Å². The zero-order valence-electron chi connectivity index (χ0n) is 14.9. The molecule has 0 saturated carbocycles. The number of carbonyl (C=O) groups excluding carboxylic acids is 1. The summed E-state index contributed by atoms with van der Waals surface area (Å²) >= 11 is 0. The quantitative estimate of drug-likeness (QED) is 0.349. The Balaban J connectivity index is 2.20. The molecule has 0 amide bonds. The monoisotopic (exact) mass is 360 g/mol. The smallest absolute Gasteiger partial charge is 0.366 e. The standard InChI is InChI=1S/C18H20N2O6/c1-22-13-7-5-11(6-8-13)17(19)20-26-18(21)12-9-14(23-2)16(25-4)15(10-12)24-3/h5-10H,1-4H3,(H2,19,20). The third-order valence-corrected chi connectivity index (χ3v) is 3.51. The molecule has 0 saturated heterocycles. The molecule has 0 fully saturated rings. The minimum absolute atomic E-state index is 0.0495. The zero-order valence-corrected chi connectivity index (χ0v) is 14.9. The van der Waals surface area contributed by atoms with Gasteiger partial charge in [0.05, 0.1) is 34.0 Å². The molecule has 0 heterocycles. The molecule has 2 aromatic carbocycles. The van der Waals surface area contributed by atoms with Gasteiger partial charge in [0, 0.05) is 5.56 Å². The maximum absolute atomic E-state index is 12.3. The van der Waals surface area contributed by atoms with E-state index < -0.39 is 5.97 Å².